The van der Waals surface area contributed by atoms with Gasteiger partial charge in [0.05, 0.1) is 15.7 Å². The van der Waals surface area contributed by atoms with E-state index in [4.69, 9.17) is 23.2 Å². The van der Waals surface area contributed by atoms with E-state index in [0.29, 0.717) is 34.6 Å². The van der Waals surface area contributed by atoms with Crippen LogP contribution in [0.4, 0.5) is 10.1 Å². The highest BCUT2D eigenvalue weighted by atomic mass is 35.5. The summed E-state index contributed by atoms with van der Waals surface area (Å²) in [6.07, 6.45) is 2.08. The van der Waals surface area contributed by atoms with Crippen molar-refractivity contribution in [1.29, 1.82) is 0 Å². The number of carbonyl (C=O) groups is 1. The van der Waals surface area contributed by atoms with E-state index in [1.807, 2.05) is 0 Å². The minimum Gasteiger partial charge on any atom is -0.309 e. The molecule has 2 nitrogen and oxygen atoms in total. The molecular weight excluding hydrogens is 336 g/mol. The lowest BCUT2D eigenvalue weighted by Crippen LogP contribution is -2.41. The maximum absolute atomic E-state index is 13.0. The number of carbonyl (C=O) groups excluding carboxylic acids is 1. The highest BCUT2D eigenvalue weighted by Gasteiger charge is 2.29. The molecule has 0 spiro atoms. The SMILES string of the molecule is O=C1CCC(Cc2ccc(F)cc2)CN1c1c(Cl)cccc1Cl. The van der Waals surface area contributed by atoms with E-state index in [0.717, 1.165) is 18.4 Å². The Hall–Kier alpha value is -1.58. The molecule has 1 aliphatic heterocycles. The van der Waals surface area contributed by atoms with Crippen LogP contribution in [0.2, 0.25) is 10.0 Å². The van der Waals surface area contributed by atoms with Gasteiger partial charge < -0.3 is 4.90 Å². The maximum atomic E-state index is 13.0. The lowest BCUT2D eigenvalue weighted by molar-refractivity contribution is -0.120. The minimum absolute atomic E-state index is 0.0374. The summed E-state index contributed by atoms with van der Waals surface area (Å²) in [6, 6.07) is 11.7. The normalized spacial score (nSPS) is 18.3. The summed E-state index contributed by atoms with van der Waals surface area (Å²) in [5.74, 6) is 0.0953. The highest BCUT2D eigenvalue weighted by Crippen LogP contribution is 2.36. The number of anilines is 1. The zero-order chi connectivity index (χ0) is 16.4. The molecule has 1 unspecified atom stereocenters. The third kappa shape index (κ3) is 3.67. The summed E-state index contributed by atoms with van der Waals surface area (Å²) in [7, 11) is 0. The summed E-state index contributed by atoms with van der Waals surface area (Å²) in [6.45, 7) is 0.569. The van der Waals surface area contributed by atoms with Gasteiger partial charge in [0, 0.05) is 13.0 Å². The van der Waals surface area contributed by atoms with Crippen LogP contribution < -0.4 is 4.90 Å². The highest BCUT2D eigenvalue weighted by molar-refractivity contribution is 6.39. The van der Waals surface area contributed by atoms with Gasteiger partial charge in [0.25, 0.3) is 0 Å². The molecule has 0 aliphatic carbocycles. The van der Waals surface area contributed by atoms with Gasteiger partial charge in [-0.15, -0.1) is 0 Å². The van der Waals surface area contributed by atoms with Gasteiger partial charge in [-0.3, -0.25) is 4.79 Å². The van der Waals surface area contributed by atoms with Crippen molar-refractivity contribution in [1.82, 2.24) is 0 Å². The molecule has 120 valence electrons. The Labute approximate surface area is 144 Å². The van der Waals surface area contributed by atoms with E-state index in [1.54, 1.807) is 35.2 Å². The van der Waals surface area contributed by atoms with Crippen molar-refractivity contribution in [2.75, 3.05) is 11.4 Å². The summed E-state index contributed by atoms with van der Waals surface area (Å²) >= 11 is 12.5. The maximum Gasteiger partial charge on any atom is 0.227 e. The monoisotopic (exact) mass is 351 g/mol. The Morgan fingerprint density at radius 1 is 1.09 bits per heavy atom. The summed E-state index contributed by atoms with van der Waals surface area (Å²) in [5, 5.41) is 0.960. The van der Waals surface area contributed by atoms with E-state index in [2.05, 4.69) is 0 Å². The molecule has 0 radical (unpaired) electrons. The fourth-order valence-electron chi connectivity index (χ4n) is 3.00. The summed E-state index contributed by atoms with van der Waals surface area (Å²) < 4.78 is 13.0. The van der Waals surface area contributed by atoms with Crippen LogP contribution in [0.5, 0.6) is 0 Å². The Kier molecular flexibility index (Phi) is 4.88. The molecule has 1 amide bonds. The van der Waals surface area contributed by atoms with Crippen molar-refractivity contribution in [3.63, 3.8) is 0 Å². The van der Waals surface area contributed by atoms with E-state index in [9.17, 15) is 9.18 Å². The lowest BCUT2D eigenvalue weighted by Gasteiger charge is -2.33. The van der Waals surface area contributed by atoms with Crippen LogP contribution in [-0.4, -0.2) is 12.5 Å². The number of amides is 1. The first-order valence-electron chi connectivity index (χ1n) is 7.53. The van der Waals surface area contributed by atoms with Gasteiger partial charge in [-0.1, -0.05) is 41.4 Å². The van der Waals surface area contributed by atoms with Crippen LogP contribution in [0.1, 0.15) is 18.4 Å². The van der Waals surface area contributed by atoms with Crippen molar-refractivity contribution in [3.05, 3.63) is 63.9 Å². The average molecular weight is 352 g/mol. The zero-order valence-electron chi connectivity index (χ0n) is 12.4. The number of rotatable bonds is 3. The Bertz CT molecular complexity index is 697. The standard InChI is InChI=1S/C18H16Cl2FNO/c19-15-2-1-3-16(20)18(15)22-11-13(6-9-17(22)23)10-12-4-7-14(21)8-5-12/h1-5,7-8,13H,6,9-11H2. The molecule has 1 atom stereocenters. The fraction of sp³-hybridized carbons (Fsp3) is 0.278. The lowest BCUT2D eigenvalue weighted by atomic mass is 9.90. The fourth-order valence-corrected chi connectivity index (χ4v) is 3.60. The number of hydrogen-bond donors (Lipinski definition) is 0. The van der Waals surface area contributed by atoms with E-state index >= 15 is 0 Å². The van der Waals surface area contributed by atoms with Gasteiger partial charge in [-0.25, -0.2) is 4.39 Å². The molecule has 0 bridgehead atoms. The Morgan fingerprint density at radius 2 is 1.74 bits per heavy atom. The average Bonchev–Trinajstić information content (AvgIpc) is 2.52. The van der Waals surface area contributed by atoms with Crippen molar-refractivity contribution in [2.24, 2.45) is 5.92 Å². The quantitative estimate of drug-likeness (QED) is 0.751. The molecule has 3 rings (SSSR count). The van der Waals surface area contributed by atoms with Crippen LogP contribution in [0, 0.1) is 11.7 Å². The molecule has 1 heterocycles. The predicted octanol–water partition coefficient (Wildman–Crippen LogP) is 5.12. The first-order chi connectivity index (χ1) is 11.0. The zero-order valence-corrected chi connectivity index (χ0v) is 13.9. The molecule has 2 aromatic carbocycles. The van der Waals surface area contributed by atoms with E-state index < -0.39 is 0 Å². The first kappa shape index (κ1) is 16.3. The molecule has 23 heavy (non-hydrogen) atoms. The minimum atomic E-state index is -0.239. The summed E-state index contributed by atoms with van der Waals surface area (Å²) in [5.41, 5.74) is 1.65. The second kappa shape index (κ2) is 6.90. The molecule has 2 aromatic rings. The third-order valence-corrected chi connectivity index (χ3v) is 4.76. The number of halogens is 3. The second-order valence-corrected chi connectivity index (χ2v) is 6.62. The number of piperidine rings is 1. The molecule has 1 aliphatic rings. The number of nitrogens with zero attached hydrogens (tertiary/aromatic N) is 1. The van der Waals surface area contributed by atoms with Crippen LogP contribution in [-0.2, 0) is 11.2 Å². The van der Waals surface area contributed by atoms with Gasteiger partial charge >= 0.3 is 0 Å². The van der Waals surface area contributed by atoms with Crippen molar-refractivity contribution < 1.29 is 9.18 Å². The molecule has 5 heteroatoms. The first-order valence-corrected chi connectivity index (χ1v) is 8.29. The van der Waals surface area contributed by atoms with E-state index in [-0.39, 0.29) is 11.7 Å². The van der Waals surface area contributed by atoms with Gasteiger partial charge in [0.15, 0.2) is 0 Å². The molecule has 0 saturated carbocycles. The van der Waals surface area contributed by atoms with Crippen LogP contribution >= 0.6 is 23.2 Å². The van der Waals surface area contributed by atoms with Gasteiger partial charge in [-0.2, -0.15) is 0 Å². The molecular formula is C18H16Cl2FNO. The third-order valence-electron chi connectivity index (χ3n) is 4.15. The molecule has 1 fully saturated rings. The smallest absolute Gasteiger partial charge is 0.227 e. The largest absolute Gasteiger partial charge is 0.309 e. The van der Waals surface area contributed by atoms with E-state index in [1.165, 1.54) is 12.1 Å². The topological polar surface area (TPSA) is 20.3 Å². The Morgan fingerprint density at radius 3 is 2.39 bits per heavy atom. The summed E-state index contributed by atoms with van der Waals surface area (Å²) in [4.78, 5) is 14.0. The van der Waals surface area contributed by atoms with Crippen molar-refractivity contribution >= 4 is 34.8 Å². The van der Waals surface area contributed by atoms with Gasteiger partial charge in [0.1, 0.15) is 5.82 Å². The van der Waals surface area contributed by atoms with Crippen molar-refractivity contribution in [3.8, 4) is 0 Å². The van der Waals surface area contributed by atoms with Crippen molar-refractivity contribution in [2.45, 2.75) is 19.3 Å². The molecule has 0 N–H and O–H groups in total. The Balaban J connectivity index is 1.79. The number of benzene rings is 2. The van der Waals surface area contributed by atoms with Gasteiger partial charge in [-0.05, 0) is 48.6 Å². The molecule has 1 saturated heterocycles. The van der Waals surface area contributed by atoms with Gasteiger partial charge in [0.2, 0.25) is 5.91 Å². The van der Waals surface area contributed by atoms with Crippen LogP contribution in [0.25, 0.3) is 0 Å². The number of para-hydroxylation sites is 1. The molecule has 0 aromatic heterocycles. The van der Waals surface area contributed by atoms with Crippen LogP contribution in [0.3, 0.4) is 0 Å². The van der Waals surface area contributed by atoms with Crippen LogP contribution in [0.15, 0.2) is 42.5 Å². The second-order valence-electron chi connectivity index (χ2n) is 5.81. The number of hydrogen-bond acceptors (Lipinski definition) is 1. The predicted molar refractivity (Wildman–Crippen MR) is 91.6 cm³/mol.